The van der Waals surface area contributed by atoms with Crippen LogP contribution in [0.1, 0.15) is 24.3 Å². The lowest BCUT2D eigenvalue weighted by molar-refractivity contribution is -0.394. The second-order valence-corrected chi connectivity index (χ2v) is 7.28. The summed E-state index contributed by atoms with van der Waals surface area (Å²) in [6.45, 7) is 7.70. The van der Waals surface area contributed by atoms with Gasteiger partial charge in [-0.3, -0.25) is 10.1 Å². The van der Waals surface area contributed by atoms with Crippen LogP contribution < -0.4 is 5.32 Å². The zero-order valence-corrected chi connectivity index (χ0v) is 18.3. The molecule has 0 spiro atoms. The number of aromatic nitrogens is 7. The van der Waals surface area contributed by atoms with E-state index in [1.807, 2.05) is 28.8 Å². The van der Waals surface area contributed by atoms with Crippen molar-refractivity contribution in [2.24, 2.45) is 0 Å². The highest BCUT2D eigenvalue weighted by Gasteiger charge is 2.18. The van der Waals surface area contributed by atoms with Gasteiger partial charge in [0.05, 0.1) is 11.0 Å². The summed E-state index contributed by atoms with van der Waals surface area (Å²) in [5.74, 6) is -0.448. The molecule has 1 aromatic carbocycles. The van der Waals surface area contributed by atoms with Crippen molar-refractivity contribution in [2.45, 2.75) is 27.1 Å². The van der Waals surface area contributed by atoms with Gasteiger partial charge in [0.25, 0.3) is 5.91 Å². The van der Waals surface area contributed by atoms with Crippen molar-refractivity contribution < 1.29 is 9.72 Å². The topological polar surface area (TPSA) is 142 Å². The molecule has 4 rings (SSSR count). The summed E-state index contributed by atoms with van der Waals surface area (Å²) in [5.41, 5.74) is 1.93. The van der Waals surface area contributed by atoms with Crippen LogP contribution in [0.2, 0.25) is 0 Å². The highest BCUT2D eigenvalue weighted by molar-refractivity contribution is 6.02. The van der Waals surface area contributed by atoms with Crippen LogP contribution in [-0.2, 0) is 13.2 Å². The standard InChI is InChI=1S/C20H24N10O3/c1-3-26(4-2)11-12-29-17-8-6-5-7-15(17)22-20(29)23-18(31)16-9-10-27(24-16)14-28-13-21-19(25-28)30(32)33/h5-10,13H,3-4,11-12,14H2,1-2H3,(H,22,23,31). The van der Waals surface area contributed by atoms with Gasteiger partial charge >= 0.3 is 5.95 Å². The summed E-state index contributed by atoms with van der Waals surface area (Å²) in [4.78, 5) is 33.4. The molecule has 3 heterocycles. The SMILES string of the molecule is CCN(CC)CCn1c(NC(=O)c2ccn(Cn3cnc([N+](=O)[O-])n3)n2)nc2ccccc21. The van der Waals surface area contributed by atoms with Crippen molar-refractivity contribution in [1.82, 2.24) is 39.0 Å². The maximum atomic E-state index is 12.9. The molecule has 0 aliphatic rings. The average molecular weight is 452 g/mol. The number of nitrogens with zero attached hydrogens (tertiary/aromatic N) is 9. The monoisotopic (exact) mass is 452 g/mol. The van der Waals surface area contributed by atoms with E-state index >= 15 is 0 Å². The number of imidazole rings is 1. The van der Waals surface area contributed by atoms with Gasteiger partial charge in [0, 0.05) is 24.4 Å². The fraction of sp³-hybridized carbons (Fsp3) is 0.350. The van der Waals surface area contributed by atoms with Gasteiger partial charge in [-0.25, -0.2) is 9.67 Å². The Labute approximate surface area is 188 Å². The Hall–Kier alpha value is -4.13. The van der Waals surface area contributed by atoms with Gasteiger partial charge in [-0.05, 0) is 36.2 Å². The Morgan fingerprint density at radius 1 is 1.15 bits per heavy atom. The summed E-state index contributed by atoms with van der Waals surface area (Å²) < 4.78 is 4.70. The third kappa shape index (κ3) is 4.87. The fourth-order valence-corrected chi connectivity index (χ4v) is 3.49. The molecule has 0 bridgehead atoms. The first-order valence-corrected chi connectivity index (χ1v) is 10.5. The third-order valence-electron chi connectivity index (χ3n) is 5.26. The zero-order chi connectivity index (χ0) is 23.4. The van der Waals surface area contributed by atoms with Crippen LogP contribution in [0.25, 0.3) is 11.0 Å². The summed E-state index contributed by atoms with van der Waals surface area (Å²) in [5, 5.41) is 21.6. The molecule has 13 heteroatoms. The van der Waals surface area contributed by atoms with Gasteiger partial charge in [0.15, 0.2) is 12.4 Å². The van der Waals surface area contributed by atoms with Crippen molar-refractivity contribution in [1.29, 1.82) is 0 Å². The predicted molar refractivity (Wildman–Crippen MR) is 120 cm³/mol. The van der Waals surface area contributed by atoms with Gasteiger partial charge in [0.1, 0.15) is 0 Å². The van der Waals surface area contributed by atoms with E-state index in [0.29, 0.717) is 12.5 Å². The molecule has 13 nitrogen and oxygen atoms in total. The fourth-order valence-electron chi connectivity index (χ4n) is 3.49. The summed E-state index contributed by atoms with van der Waals surface area (Å²) in [6.07, 6.45) is 2.82. The number of nitro groups is 1. The van der Waals surface area contributed by atoms with Gasteiger partial charge in [-0.15, -0.1) is 0 Å². The summed E-state index contributed by atoms with van der Waals surface area (Å²) in [7, 11) is 0. The van der Waals surface area contributed by atoms with Crippen molar-refractivity contribution in [2.75, 3.05) is 25.0 Å². The van der Waals surface area contributed by atoms with Gasteiger partial charge in [-0.1, -0.05) is 31.0 Å². The molecule has 172 valence electrons. The first-order chi connectivity index (χ1) is 16.0. The molecule has 0 fully saturated rings. The number of amides is 1. The van der Waals surface area contributed by atoms with Crippen molar-refractivity contribution in [3.63, 3.8) is 0 Å². The summed E-state index contributed by atoms with van der Waals surface area (Å²) in [6, 6.07) is 9.30. The Kier molecular flexibility index (Phi) is 6.40. The number of para-hydroxylation sites is 2. The lowest BCUT2D eigenvalue weighted by Crippen LogP contribution is -2.27. The van der Waals surface area contributed by atoms with Crippen LogP contribution in [0.4, 0.5) is 11.9 Å². The smallest absolute Gasteiger partial charge is 0.390 e. The lowest BCUT2D eigenvalue weighted by atomic mass is 10.3. The van der Waals surface area contributed by atoms with E-state index in [4.69, 9.17) is 0 Å². The number of fused-ring (bicyclic) bond motifs is 1. The minimum absolute atomic E-state index is 0.0799. The van der Waals surface area contributed by atoms with Gasteiger partial charge in [-0.2, -0.15) is 9.78 Å². The molecular formula is C20H24N10O3. The minimum atomic E-state index is -0.676. The predicted octanol–water partition coefficient (Wildman–Crippen LogP) is 1.83. The van der Waals surface area contributed by atoms with Crippen LogP contribution in [0.5, 0.6) is 0 Å². The Morgan fingerprint density at radius 2 is 1.94 bits per heavy atom. The molecule has 3 aromatic heterocycles. The number of benzene rings is 1. The Morgan fingerprint density at radius 3 is 2.67 bits per heavy atom. The number of rotatable bonds is 10. The summed E-state index contributed by atoms with van der Waals surface area (Å²) >= 11 is 0. The van der Waals surface area contributed by atoms with Crippen molar-refractivity contribution in [3.05, 3.63) is 58.7 Å². The van der Waals surface area contributed by atoms with Crippen molar-refractivity contribution in [3.8, 4) is 0 Å². The Bertz CT molecular complexity index is 1270. The van der Waals surface area contributed by atoms with E-state index in [-0.39, 0.29) is 12.4 Å². The van der Waals surface area contributed by atoms with Gasteiger partial charge < -0.3 is 19.6 Å². The van der Waals surface area contributed by atoms with E-state index in [9.17, 15) is 14.9 Å². The lowest BCUT2D eigenvalue weighted by Gasteiger charge is -2.19. The molecular weight excluding hydrogens is 428 g/mol. The first kappa shape index (κ1) is 22.1. The van der Waals surface area contributed by atoms with E-state index in [2.05, 4.69) is 44.2 Å². The average Bonchev–Trinajstić information content (AvgIpc) is 3.54. The molecule has 0 radical (unpaired) electrons. The number of anilines is 1. The number of carbonyl (C=O) groups is 1. The number of hydrogen-bond donors (Lipinski definition) is 1. The molecule has 0 atom stereocenters. The molecule has 0 aliphatic heterocycles. The molecule has 0 unspecified atom stereocenters. The van der Waals surface area contributed by atoms with E-state index < -0.39 is 16.8 Å². The van der Waals surface area contributed by atoms with Crippen LogP contribution in [-0.4, -0.2) is 69.5 Å². The maximum absolute atomic E-state index is 12.9. The first-order valence-electron chi connectivity index (χ1n) is 10.5. The van der Waals surface area contributed by atoms with E-state index in [1.165, 1.54) is 15.7 Å². The molecule has 1 amide bonds. The van der Waals surface area contributed by atoms with E-state index in [1.54, 1.807) is 12.3 Å². The molecule has 1 N–H and O–H groups in total. The highest BCUT2D eigenvalue weighted by Crippen LogP contribution is 2.20. The van der Waals surface area contributed by atoms with Crippen LogP contribution in [0.3, 0.4) is 0 Å². The quantitative estimate of drug-likeness (QED) is 0.284. The second kappa shape index (κ2) is 9.56. The van der Waals surface area contributed by atoms with E-state index in [0.717, 1.165) is 30.7 Å². The number of hydrogen-bond acceptors (Lipinski definition) is 8. The van der Waals surface area contributed by atoms with Crippen LogP contribution in [0.15, 0.2) is 42.9 Å². The largest absolute Gasteiger partial charge is 0.491 e. The molecule has 4 aromatic rings. The van der Waals surface area contributed by atoms with Gasteiger partial charge in [0.2, 0.25) is 12.3 Å². The van der Waals surface area contributed by atoms with Crippen molar-refractivity contribution >= 4 is 28.8 Å². The Balaban J connectivity index is 1.50. The second-order valence-electron chi connectivity index (χ2n) is 7.28. The molecule has 0 saturated heterocycles. The number of nitrogens with one attached hydrogen (secondary N) is 1. The number of likely N-dealkylation sites (N-methyl/N-ethyl adjacent to an activating group) is 1. The molecule has 0 saturated carbocycles. The molecule has 0 aliphatic carbocycles. The van der Waals surface area contributed by atoms with Crippen LogP contribution >= 0.6 is 0 Å². The number of carbonyl (C=O) groups excluding carboxylic acids is 1. The highest BCUT2D eigenvalue weighted by atomic mass is 16.6. The van der Waals surface area contributed by atoms with Crippen LogP contribution in [0, 0.1) is 10.1 Å². The normalized spacial score (nSPS) is 11.4. The third-order valence-corrected chi connectivity index (χ3v) is 5.26. The minimum Gasteiger partial charge on any atom is -0.390 e. The zero-order valence-electron chi connectivity index (χ0n) is 18.3. The maximum Gasteiger partial charge on any atom is 0.491 e. The molecule has 33 heavy (non-hydrogen) atoms.